The Kier molecular flexibility index (Phi) is 7.87. The fourth-order valence-corrected chi connectivity index (χ4v) is 5.93. The summed E-state index contributed by atoms with van der Waals surface area (Å²) in [6.07, 6.45) is 0.623. The number of fused-ring (bicyclic) bond motifs is 2. The van der Waals surface area contributed by atoms with Gasteiger partial charge in [-0.2, -0.15) is 0 Å². The molecule has 5 amide bonds. The van der Waals surface area contributed by atoms with Crippen molar-refractivity contribution < 1.29 is 29.2 Å². The first kappa shape index (κ1) is 28.7. The van der Waals surface area contributed by atoms with Gasteiger partial charge in [0.25, 0.3) is 29.5 Å². The Morgan fingerprint density at radius 1 is 0.591 bits per heavy atom. The third kappa shape index (κ3) is 5.07. The highest BCUT2D eigenvalue weighted by atomic mass is 16.5. The van der Waals surface area contributed by atoms with Crippen LogP contribution in [0.5, 0.6) is 0 Å². The van der Waals surface area contributed by atoms with Crippen molar-refractivity contribution in [3.05, 3.63) is 143 Å². The van der Waals surface area contributed by atoms with Gasteiger partial charge in [0.2, 0.25) is 0 Å². The van der Waals surface area contributed by atoms with E-state index in [0.717, 1.165) is 4.90 Å². The van der Waals surface area contributed by atoms with Crippen LogP contribution in [0.3, 0.4) is 0 Å². The zero-order valence-corrected chi connectivity index (χ0v) is 23.7. The monoisotopic (exact) mass is 587 g/mol. The van der Waals surface area contributed by atoms with Gasteiger partial charge < -0.3 is 0 Å². The number of carbonyl (C=O) groups excluding carboxylic acids is 5. The molecule has 1 atom stereocenters. The summed E-state index contributed by atoms with van der Waals surface area (Å²) >= 11 is 0. The molecule has 0 saturated heterocycles. The van der Waals surface area contributed by atoms with Gasteiger partial charge in [0.1, 0.15) is 12.1 Å². The van der Waals surface area contributed by atoms with Gasteiger partial charge in [0, 0.05) is 6.54 Å². The fourth-order valence-electron chi connectivity index (χ4n) is 5.93. The molecule has 0 aliphatic carbocycles. The number of imide groups is 2. The smallest absolute Gasteiger partial charge is 0.270 e. The minimum atomic E-state index is -1.33. The van der Waals surface area contributed by atoms with Crippen LogP contribution in [0.2, 0.25) is 0 Å². The van der Waals surface area contributed by atoms with E-state index in [0.29, 0.717) is 33.7 Å². The lowest BCUT2D eigenvalue weighted by Gasteiger charge is -2.33. The molecule has 0 saturated carbocycles. The van der Waals surface area contributed by atoms with E-state index in [2.05, 4.69) is 0 Å². The molecule has 220 valence electrons. The third-order valence-corrected chi connectivity index (χ3v) is 8.11. The summed E-state index contributed by atoms with van der Waals surface area (Å²) in [5.74, 6) is -2.82. The normalized spacial score (nSPS) is 14.7. The fraction of sp³-hybridized carbons (Fsp3) is 0.171. The zero-order valence-electron chi connectivity index (χ0n) is 23.7. The lowest BCUT2D eigenvalue weighted by Crippen LogP contribution is -2.51. The topological polar surface area (TPSA) is 115 Å². The summed E-state index contributed by atoms with van der Waals surface area (Å²) < 4.78 is 0. The molecule has 0 spiro atoms. The molecule has 0 fully saturated rings. The number of hydroxylamine groups is 2. The van der Waals surface area contributed by atoms with Crippen molar-refractivity contribution in [2.24, 2.45) is 0 Å². The molecule has 0 unspecified atom stereocenters. The third-order valence-electron chi connectivity index (χ3n) is 8.11. The minimum absolute atomic E-state index is 0.0147. The maximum absolute atomic E-state index is 14.2. The first-order valence-corrected chi connectivity index (χ1v) is 14.4. The lowest BCUT2D eigenvalue weighted by molar-refractivity contribution is -0.177. The van der Waals surface area contributed by atoms with Crippen molar-refractivity contribution in [2.45, 2.75) is 31.3 Å². The average molecular weight is 588 g/mol. The molecular formula is C35H29N3O6. The van der Waals surface area contributed by atoms with Crippen molar-refractivity contribution in [1.82, 2.24) is 14.9 Å². The molecular weight excluding hydrogens is 558 g/mol. The van der Waals surface area contributed by atoms with E-state index in [1.54, 1.807) is 84.9 Å². The molecule has 9 heteroatoms. The summed E-state index contributed by atoms with van der Waals surface area (Å²) in [5.41, 5.74) is 2.35. The number of carbonyl (C=O) groups is 5. The van der Waals surface area contributed by atoms with Crippen molar-refractivity contribution in [3.63, 3.8) is 0 Å². The van der Waals surface area contributed by atoms with Gasteiger partial charge in [-0.15, -0.1) is 0 Å². The van der Waals surface area contributed by atoms with E-state index in [1.807, 2.05) is 12.1 Å². The predicted octanol–water partition coefficient (Wildman–Crippen LogP) is 5.13. The Labute approximate surface area is 253 Å². The highest BCUT2D eigenvalue weighted by Gasteiger charge is 2.45. The summed E-state index contributed by atoms with van der Waals surface area (Å²) in [5, 5.41) is 12.1. The van der Waals surface area contributed by atoms with Crippen LogP contribution in [-0.2, 0) is 4.79 Å². The zero-order chi connectivity index (χ0) is 30.8. The molecule has 4 aromatic rings. The molecule has 0 aromatic heterocycles. The molecule has 4 aromatic carbocycles. The number of hydrogen-bond donors (Lipinski definition) is 1. The number of amides is 5. The SMILES string of the molecule is O=C1c2ccccc2C(=O)N1CCCC[C@@H](C(=O)N(O)C(c1ccccc1)c1ccccc1)N1C(=O)c2ccccc2C1=O. The highest BCUT2D eigenvalue weighted by molar-refractivity contribution is 6.23. The molecule has 2 aliphatic heterocycles. The van der Waals surface area contributed by atoms with Gasteiger partial charge in [-0.05, 0) is 54.7 Å². The molecule has 2 aliphatic rings. The van der Waals surface area contributed by atoms with Crippen LogP contribution in [0.4, 0.5) is 0 Å². The van der Waals surface area contributed by atoms with Crippen LogP contribution in [-0.4, -0.2) is 62.2 Å². The molecule has 2 heterocycles. The van der Waals surface area contributed by atoms with Gasteiger partial charge in [-0.25, -0.2) is 5.06 Å². The number of unbranched alkanes of at least 4 members (excludes halogenated alkanes) is 1. The van der Waals surface area contributed by atoms with Crippen LogP contribution >= 0.6 is 0 Å². The predicted molar refractivity (Wildman–Crippen MR) is 160 cm³/mol. The van der Waals surface area contributed by atoms with E-state index in [1.165, 1.54) is 17.0 Å². The van der Waals surface area contributed by atoms with Gasteiger partial charge in [-0.1, -0.05) is 84.9 Å². The summed E-state index contributed by atoms with van der Waals surface area (Å²) in [6.45, 7) is 0.106. The standard InChI is InChI=1S/C35H29N3O6/c39-31-25-17-7-8-18-26(25)32(40)36(31)22-12-11-21-29(37-33(41)27-19-9-10-20-28(27)34(37)42)35(43)38(44)30(23-13-3-1-4-14-23)24-15-5-2-6-16-24/h1-10,13-20,29-30,44H,11-12,21-22H2/t29-/m0/s1. The van der Waals surface area contributed by atoms with E-state index in [4.69, 9.17) is 0 Å². The Morgan fingerprint density at radius 3 is 1.45 bits per heavy atom. The van der Waals surface area contributed by atoms with Gasteiger partial charge in [-0.3, -0.25) is 39.0 Å². The Bertz CT molecular complexity index is 1650. The molecule has 1 N–H and O–H groups in total. The van der Waals surface area contributed by atoms with Crippen molar-refractivity contribution in [1.29, 1.82) is 0 Å². The second-order valence-electron chi connectivity index (χ2n) is 10.8. The van der Waals surface area contributed by atoms with Crippen molar-refractivity contribution in [3.8, 4) is 0 Å². The van der Waals surface area contributed by atoms with Crippen molar-refractivity contribution >= 4 is 29.5 Å². The minimum Gasteiger partial charge on any atom is -0.285 e. The Balaban J connectivity index is 1.26. The summed E-state index contributed by atoms with van der Waals surface area (Å²) in [7, 11) is 0. The van der Waals surface area contributed by atoms with Crippen LogP contribution in [0.25, 0.3) is 0 Å². The van der Waals surface area contributed by atoms with Gasteiger partial charge >= 0.3 is 0 Å². The van der Waals surface area contributed by atoms with E-state index >= 15 is 0 Å². The van der Waals surface area contributed by atoms with Gasteiger partial charge in [0.15, 0.2) is 0 Å². The maximum atomic E-state index is 14.2. The van der Waals surface area contributed by atoms with Crippen LogP contribution < -0.4 is 0 Å². The number of nitrogens with zero attached hydrogens (tertiary/aromatic N) is 3. The lowest BCUT2D eigenvalue weighted by atomic mass is 9.97. The van der Waals surface area contributed by atoms with E-state index in [9.17, 15) is 29.2 Å². The molecule has 6 rings (SSSR count). The second-order valence-corrected chi connectivity index (χ2v) is 10.8. The quantitative estimate of drug-likeness (QED) is 0.119. The molecule has 0 bridgehead atoms. The van der Waals surface area contributed by atoms with E-state index < -0.39 is 29.8 Å². The summed E-state index contributed by atoms with van der Waals surface area (Å²) in [4.78, 5) is 68.9. The first-order valence-electron chi connectivity index (χ1n) is 14.4. The maximum Gasteiger partial charge on any atom is 0.270 e. The number of hydrogen-bond acceptors (Lipinski definition) is 6. The largest absolute Gasteiger partial charge is 0.285 e. The second kappa shape index (κ2) is 12.1. The average Bonchev–Trinajstić information content (AvgIpc) is 3.46. The van der Waals surface area contributed by atoms with Crippen LogP contribution in [0, 0.1) is 0 Å². The summed E-state index contributed by atoms with van der Waals surface area (Å²) in [6, 6.07) is 28.7. The van der Waals surface area contributed by atoms with Gasteiger partial charge in [0.05, 0.1) is 22.3 Å². The Morgan fingerprint density at radius 2 is 1.00 bits per heavy atom. The molecule has 9 nitrogen and oxygen atoms in total. The van der Waals surface area contributed by atoms with Crippen LogP contribution in [0.15, 0.2) is 109 Å². The van der Waals surface area contributed by atoms with Crippen LogP contribution in [0.1, 0.15) is 77.9 Å². The Hall–Kier alpha value is -5.41. The first-order chi connectivity index (χ1) is 21.4. The van der Waals surface area contributed by atoms with Crippen molar-refractivity contribution in [2.75, 3.05) is 6.54 Å². The number of rotatable bonds is 10. The molecule has 0 radical (unpaired) electrons. The highest BCUT2D eigenvalue weighted by Crippen LogP contribution is 2.32. The number of benzene rings is 4. The van der Waals surface area contributed by atoms with E-state index in [-0.39, 0.29) is 42.3 Å². The molecule has 44 heavy (non-hydrogen) atoms.